The van der Waals surface area contributed by atoms with E-state index in [-0.39, 0.29) is 50.2 Å². The fraction of sp³-hybridized carbons (Fsp3) is 0.423. The molecule has 0 unspecified atom stereocenters. The first kappa shape index (κ1) is 28.0. The highest BCUT2D eigenvalue weighted by Gasteiger charge is 2.33. The molecule has 3 rings (SSSR count). The summed E-state index contributed by atoms with van der Waals surface area (Å²) in [6.07, 6.45) is 0.556. The minimum atomic E-state index is -1.07. The minimum absolute atomic E-state index is 0.0112. The average Bonchev–Trinajstić information content (AvgIpc) is 2.89. The second kappa shape index (κ2) is 12.6. The van der Waals surface area contributed by atoms with E-state index < -0.39 is 41.7 Å². The number of hydrogen-bond acceptors (Lipinski definition) is 7. The lowest BCUT2D eigenvalue weighted by molar-refractivity contribution is -0.142. The zero-order valence-corrected chi connectivity index (χ0v) is 20.9. The van der Waals surface area contributed by atoms with Crippen LogP contribution in [0.2, 0.25) is 0 Å². The van der Waals surface area contributed by atoms with Crippen LogP contribution in [-0.2, 0) is 27.2 Å². The third kappa shape index (κ3) is 6.82. The predicted octanol–water partition coefficient (Wildman–Crippen LogP) is -0.250. The molecular weight excluding hydrogens is 479 g/mol. The lowest BCUT2D eigenvalue weighted by Crippen LogP contribution is -2.57. The maximum Gasteiger partial charge on any atom is 0.245 e. The lowest BCUT2D eigenvalue weighted by atomic mass is 9.95. The summed E-state index contributed by atoms with van der Waals surface area (Å²) in [5.74, 6) is -2.18. The number of hydrogen-bond donors (Lipinski definition) is 6. The van der Waals surface area contributed by atoms with Crippen LogP contribution in [0.3, 0.4) is 0 Å². The summed E-state index contributed by atoms with van der Waals surface area (Å²) < 4.78 is 15.0. The highest BCUT2D eigenvalue weighted by atomic mass is 19.1. The molecule has 0 saturated carbocycles. The molecule has 0 spiro atoms. The van der Waals surface area contributed by atoms with Gasteiger partial charge in [-0.15, -0.1) is 0 Å². The second-order valence-electron chi connectivity index (χ2n) is 9.20. The second-order valence-corrected chi connectivity index (χ2v) is 9.20. The van der Waals surface area contributed by atoms with E-state index in [0.717, 1.165) is 0 Å². The number of nitrogens with one attached hydrogen (secondary N) is 2. The number of phenols is 1. The minimum Gasteiger partial charge on any atom is -0.508 e. The van der Waals surface area contributed by atoms with Crippen LogP contribution in [0.4, 0.5) is 4.39 Å². The molecule has 0 fully saturated rings. The van der Waals surface area contributed by atoms with E-state index in [1.165, 1.54) is 24.1 Å². The quantitative estimate of drug-likeness (QED) is 0.308. The Bertz CT molecular complexity index is 1140. The van der Waals surface area contributed by atoms with Gasteiger partial charge in [0.25, 0.3) is 0 Å². The van der Waals surface area contributed by atoms with Crippen LogP contribution in [0.25, 0.3) is 11.1 Å². The largest absolute Gasteiger partial charge is 0.508 e. The van der Waals surface area contributed by atoms with Crippen LogP contribution in [-0.4, -0.2) is 72.5 Å². The Morgan fingerprint density at radius 2 is 1.78 bits per heavy atom. The molecule has 1 aliphatic rings. The van der Waals surface area contributed by atoms with Gasteiger partial charge in [0.15, 0.2) is 0 Å². The monoisotopic (exact) mass is 514 g/mol. The maximum absolute atomic E-state index is 15.0. The van der Waals surface area contributed by atoms with Gasteiger partial charge in [0, 0.05) is 33.0 Å². The van der Waals surface area contributed by atoms with Gasteiger partial charge in [-0.2, -0.15) is 0 Å². The van der Waals surface area contributed by atoms with Crippen molar-refractivity contribution in [3.05, 3.63) is 53.3 Å². The van der Waals surface area contributed by atoms with Crippen molar-refractivity contribution < 1.29 is 23.9 Å². The molecule has 4 bridgehead atoms. The molecule has 2 aromatic rings. The molecule has 3 amide bonds. The van der Waals surface area contributed by atoms with E-state index in [0.29, 0.717) is 23.1 Å². The Morgan fingerprint density at radius 3 is 2.46 bits per heavy atom. The number of nitrogens with zero attached hydrogens (tertiary/aromatic N) is 1. The summed E-state index contributed by atoms with van der Waals surface area (Å²) in [7, 11) is 1.44. The number of rotatable bonds is 6. The lowest BCUT2D eigenvalue weighted by Gasteiger charge is -2.31. The number of aromatic hydroxyl groups is 1. The van der Waals surface area contributed by atoms with E-state index in [2.05, 4.69) is 10.6 Å². The Kier molecular flexibility index (Phi) is 9.56. The molecule has 37 heavy (non-hydrogen) atoms. The Balaban J connectivity index is 2.13. The first-order valence-corrected chi connectivity index (χ1v) is 12.3. The topological polar surface area (TPSA) is 177 Å². The standard InChI is InChI=1S/C26H35FN6O4/c1-33-22(25(36)31-10-9-29)14-17-11-15(4-6-19(17)27)16-5-7-23(34)18(12-16)13-20(30)24(35)32-21(26(33)37)3-2-8-28/h4-7,11-12,20-22,34H,2-3,8-10,13-14,28-30H2,1H3,(H,31,36)(H,32,35)/t20-,21-,22-/m0/s1. The number of nitrogens with two attached hydrogens (primary N) is 3. The first-order valence-electron chi connectivity index (χ1n) is 12.3. The van der Waals surface area contributed by atoms with Gasteiger partial charge in [0.1, 0.15) is 23.7 Å². The van der Waals surface area contributed by atoms with Gasteiger partial charge in [0.2, 0.25) is 17.7 Å². The summed E-state index contributed by atoms with van der Waals surface area (Å²) in [6, 6.07) is 6.21. The number of fused-ring (bicyclic) bond motifs is 5. The van der Waals surface area contributed by atoms with Gasteiger partial charge in [-0.05, 0) is 65.9 Å². The maximum atomic E-state index is 15.0. The molecule has 0 radical (unpaired) electrons. The molecule has 200 valence electrons. The summed E-state index contributed by atoms with van der Waals surface area (Å²) in [5.41, 5.74) is 19.3. The van der Waals surface area contributed by atoms with Crippen LogP contribution in [0.1, 0.15) is 24.0 Å². The molecule has 0 aromatic heterocycles. The molecule has 0 aliphatic carbocycles. The molecule has 1 aliphatic heterocycles. The van der Waals surface area contributed by atoms with Crippen LogP contribution in [0.5, 0.6) is 5.75 Å². The van der Waals surface area contributed by atoms with Gasteiger partial charge in [-0.25, -0.2) is 4.39 Å². The van der Waals surface area contributed by atoms with Crippen LogP contribution < -0.4 is 27.8 Å². The number of halogens is 1. The summed E-state index contributed by atoms with van der Waals surface area (Å²) in [6.45, 7) is 0.656. The van der Waals surface area contributed by atoms with Gasteiger partial charge >= 0.3 is 0 Å². The Labute approximate surface area is 215 Å². The first-order chi connectivity index (χ1) is 17.7. The summed E-state index contributed by atoms with van der Waals surface area (Å²) in [4.78, 5) is 40.8. The van der Waals surface area contributed by atoms with Crippen molar-refractivity contribution in [3.8, 4) is 16.9 Å². The molecule has 3 atom stereocenters. The number of phenolic OH excluding ortho intramolecular Hbond substituents is 1. The predicted molar refractivity (Wildman–Crippen MR) is 138 cm³/mol. The number of likely N-dealkylation sites (N-methyl/N-ethyl adjacent to an activating group) is 1. The fourth-order valence-electron chi connectivity index (χ4n) is 4.35. The van der Waals surface area contributed by atoms with Crippen molar-refractivity contribution in [2.24, 2.45) is 17.2 Å². The average molecular weight is 515 g/mol. The van der Waals surface area contributed by atoms with Gasteiger partial charge in [0.05, 0.1) is 6.04 Å². The van der Waals surface area contributed by atoms with E-state index in [9.17, 15) is 23.9 Å². The fourth-order valence-corrected chi connectivity index (χ4v) is 4.35. The van der Waals surface area contributed by atoms with Crippen molar-refractivity contribution in [1.82, 2.24) is 15.5 Å². The van der Waals surface area contributed by atoms with E-state index in [4.69, 9.17) is 17.2 Å². The van der Waals surface area contributed by atoms with Crippen molar-refractivity contribution in [1.29, 1.82) is 0 Å². The highest BCUT2D eigenvalue weighted by Crippen LogP contribution is 2.29. The molecular formula is C26H35FN6O4. The molecule has 9 N–H and O–H groups in total. The number of carbonyl (C=O) groups excluding carboxylic acids is 3. The zero-order valence-electron chi connectivity index (χ0n) is 20.9. The highest BCUT2D eigenvalue weighted by molar-refractivity contribution is 5.93. The van der Waals surface area contributed by atoms with Crippen LogP contribution in [0, 0.1) is 5.82 Å². The summed E-state index contributed by atoms with van der Waals surface area (Å²) in [5, 5.41) is 15.7. The SMILES string of the molecule is CN1C(=O)[C@H](CCCN)NC(=O)[C@@H](N)Cc2cc(ccc2O)-c2ccc(F)c(c2)C[C@H]1C(=O)NCCN. The smallest absolute Gasteiger partial charge is 0.245 e. The van der Waals surface area contributed by atoms with Gasteiger partial charge in [-0.3, -0.25) is 14.4 Å². The molecule has 1 heterocycles. The van der Waals surface area contributed by atoms with Crippen molar-refractivity contribution in [2.75, 3.05) is 26.7 Å². The van der Waals surface area contributed by atoms with Crippen LogP contribution in [0.15, 0.2) is 36.4 Å². The molecule has 0 saturated heterocycles. The van der Waals surface area contributed by atoms with Gasteiger partial charge < -0.3 is 37.8 Å². The van der Waals surface area contributed by atoms with Crippen molar-refractivity contribution in [3.63, 3.8) is 0 Å². The molecule has 11 heteroatoms. The number of carbonyl (C=O) groups is 3. The molecule has 10 nitrogen and oxygen atoms in total. The third-order valence-corrected chi connectivity index (χ3v) is 6.52. The molecule has 2 aromatic carbocycles. The Morgan fingerprint density at radius 1 is 1.11 bits per heavy atom. The van der Waals surface area contributed by atoms with Crippen molar-refractivity contribution >= 4 is 17.7 Å². The van der Waals surface area contributed by atoms with Crippen LogP contribution >= 0.6 is 0 Å². The Hall–Kier alpha value is -3.54. The normalized spacial score (nSPS) is 20.6. The number of amides is 3. The van der Waals surface area contributed by atoms with E-state index >= 15 is 0 Å². The van der Waals surface area contributed by atoms with Crippen molar-refractivity contribution in [2.45, 2.75) is 43.8 Å². The van der Waals surface area contributed by atoms with E-state index in [1.54, 1.807) is 24.3 Å². The zero-order chi connectivity index (χ0) is 27.1. The van der Waals surface area contributed by atoms with Gasteiger partial charge in [-0.1, -0.05) is 12.1 Å². The number of benzene rings is 2. The van der Waals surface area contributed by atoms with E-state index in [1.807, 2.05) is 0 Å². The third-order valence-electron chi connectivity index (χ3n) is 6.52. The summed E-state index contributed by atoms with van der Waals surface area (Å²) >= 11 is 0.